The van der Waals surface area contributed by atoms with Crippen LogP contribution in [-0.2, 0) is 0 Å². The van der Waals surface area contributed by atoms with Gasteiger partial charge in [0.1, 0.15) is 0 Å². The third-order valence-electron chi connectivity index (χ3n) is 2.81. The Labute approximate surface area is 119 Å². The van der Waals surface area contributed by atoms with Gasteiger partial charge in [-0.2, -0.15) is 26.3 Å². The predicted molar refractivity (Wildman–Crippen MR) is 59.4 cm³/mol. The van der Waals surface area contributed by atoms with Crippen molar-refractivity contribution in [1.82, 2.24) is 0 Å². The zero-order valence-corrected chi connectivity index (χ0v) is 10.5. The average Bonchev–Trinajstić information content (AvgIpc) is 2.35. The highest BCUT2D eigenvalue weighted by Gasteiger charge is 2.70. The minimum atomic E-state index is -6.15. The summed E-state index contributed by atoms with van der Waals surface area (Å²) in [4.78, 5) is 22.5. The SMILES string of the molecule is O=C(O)c1ccccc1C(=O)CC(O)(C(F)(F)F)C(F)(F)F. The molecule has 0 aromatic heterocycles. The van der Waals surface area contributed by atoms with Crippen LogP contribution in [0.15, 0.2) is 24.3 Å². The van der Waals surface area contributed by atoms with Crippen molar-refractivity contribution in [3.05, 3.63) is 35.4 Å². The number of aromatic carboxylic acids is 1. The summed E-state index contributed by atoms with van der Waals surface area (Å²) in [5, 5.41) is 17.7. The number of carboxylic acid groups (broad SMARTS) is 1. The van der Waals surface area contributed by atoms with Crippen LogP contribution in [0.4, 0.5) is 26.3 Å². The van der Waals surface area contributed by atoms with E-state index in [9.17, 15) is 35.9 Å². The van der Waals surface area contributed by atoms with E-state index in [0.29, 0.717) is 0 Å². The molecule has 10 heteroatoms. The van der Waals surface area contributed by atoms with Gasteiger partial charge in [-0.1, -0.05) is 18.2 Å². The van der Waals surface area contributed by atoms with Crippen molar-refractivity contribution in [3.63, 3.8) is 0 Å². The summed E-state index contributed by atoms with van der Waals surface area (Å²) in [6, 6.07) is 3.81. The second-order valence-corrected chi connectivity index (χ2v) is 4.31. The number of Topliss-reactive ketones (excluding diaryl/α,β-unsaturated/α-hetero) is 1. The molecule has 4 nitrogen and oxygen atoms in total. The van der Waals surface area contributed by atoms with E-state index < -0.39 is 47.3 Å². The van der Waals surface area contributed by atoms with Crippen molar-refractivity contribution in [2.45, 2.75) is 24.4 Å². The molecule has 0 unspecified atom stereocenters. The molecular formula is C12H8F6O4. The van der Waals surface area contributed by atoms with Gasteiger partial charge in [-0.3, -0.25) is 4.79 Å². The number of ketones is 1. The fourth-order valence-electron chi connectivity index (χ4n) is 1.60. The second-order valence-electron chi connectivity index (χ2n) is 4.31. The molecule has 1 aromatic carbocycles. The van der Waals surface area contributed by atoms with E-state index >= 15 is 0 Å². The van der Waals surface area contributed by atoms with Gasteiger partial charge in [-0.15, -0.1) is 0 Å². The van der Waals surface area contributed by atoms with Crippen LogP contribution in [-0.4, -0.2) is 39.9 Å². The number of rotatable bonds is 4. The molecule has 0 heterocycles. The lowest BCUT2D eigenvalue weighted by atomic mass is 9.90. The summed E-state index contributed by atoms with van der Waals surface area (Å²) in [5.74, 6) is -3.50. The summed E-state index contributed by atoms with van der Waals surface area (Å²) in [5.41, 5.74) is -6.89. The lowest BCUT2D eigenvalue weighted by molar-refractivity contribution is -0.365. The predicted octanol–water partition coefficient (Wildman–Crippen LogP) is 2.81. The molecule has 122 valence electrons. The normalized spacial score (nSPS) is 13.0. The number of hydrogen-bond acceptors (Lipinski definition) is 3. The maximum atomic E-state index is 12.5. The number of halogens is 6. The number of benzene rings is 1. The van der Waals surface area contributed by atoms with Crippen molar-refractivity contribution < 1.29 is 46.1 Å². The third-order valence-corrected chi connectivity index (χ3v) is 2.81. The van der Waals surface area contributed by atoms with Crippen LogP contribution in [0.1, 0.15) is 27.1 Å². The lowest BCUT2D eigenvalue weighted by Gasteiger charge is -2.31. The topological polar surface area (TPSA) is 74.6 Å². The van der Waals surface area contributed by atoms with E-state index in [1.54, 1.807) is 0 Å². The van der Waals surface area contributed by atoms with Gasteiger partial charge < -0.3 is 10.2 Å². The van der Waals surface area contributed by atoms with E-state index in [1.807, 2.05) is 0 Å². The van der Waals surface area contributed by atoms with Crippen LogP contribution in [0.3, 0.4) is 0 Å². The Hall–Kier alpha value is -2.10. The van der Waals surface area contributed by atoms with Gasteiger partial charge in [0.15, 0.2) is 5.78 Å². The number of carboxylic acids is 1. The number of carbonyl (C=O) groups excluding carboxylic acids is 1. The Morgan fingerprint density at radius 2 is 1.32 bits per heavy atom. The highest BCUT2D eigenvalue weighted by Crippen LogP contribution is 2.45. The van der Waals surface area contributed by atoms with Gasteiger partial charge in [0.2, 0.25) is 0 Å². The lowest BCUT2D eigenvalue weighted by Crippen LogP contribution is -2.57. The average molecular weight is 330 g/mol. The Morgan fingerprint density at radius 1 is 0.909 bits per heavy atom. The van der Waals surface area contributed by atoms with E-state index in [4.69, 9.17) is 10.2 Å². The van der Waals surface area contributed by atoms with E-state index in [2.05, 4.69) is 0 Å². The van der Waals surface area contributed by atoms with Gasteiger partial charge in [-0.25, -0.2) is 4.79 Å². The van der Waals surface area contributed by atoms with Crippen LogP contribution in [0, 0.1) is 0 Å². The molecule has 0 aliphatic carbocycles. The molecule has 2 N–H and O–H groups in total. The van der Waals surface area contributed by atoms with Crippen molar-refractivity contribution in [2.75, 3.05) is 0 Å². The van der Waals surface area contributed by atoms with Gasteiger partial charge in [0.05, 0.1) is 12.0 Å². The molecular weight excluding hydrogens is 322 g/mol. The van der Waals surface area contributed by atoms with Crippen molar-refractivity contribution in [3.8, 4) is 0 Å². The van der Waals surface area contributed by atoms with E-state index in [0.717, 1.165) is 24.3 Å². The number of carbonyl (C=O) groups is 2. The first-order chi connectivity index (χ1) is 9.81. The fourth-order valence-corrected chi connectivity index (χ4v) is 1.60. The van der Waals surface area contributed by atoms with Gasteiger partial charge in [0, 0.05) is 5.56 Å². The summed E-state index contributed by atoms with van der Waals surface area (Å²) < 4.78 is 75.0. The quantitative estimate of drug-likeness (QED) is 0.658. The van der Waals surface area contributed by atoms with Crippen molar-refractivity contribution in [2.24, 2.45) is 0 Å². The largest absolute Gasteiger partial charge is 0.478 e. The smallest absolute Gasteiger partial charge is 0.426 e. The number of alkyl halides is 6. The molecule has 0 aliphatic heterocycles. The van der Waals surface area contributed by atoms with Gasteiger partial charge >= 0.3 is 18.3 Å². The molecule has 1 aromatic rings. The molecule has 0 amide bonds. The summed E-state index contributed by atoms with van der Waals surface area (Å²) in [6.45, 7) is 0. The fraction of sp³-hybridized carbons (Fsp3) is 0.333. The molecule has 1 rings (SSSR count). The highest BCUT2D eigenvalue weighted by atomic mass is 19.4. The monoisotopic (exact) mass is 330 g/mol. The maximum Gasteiger partial charge on any atom is 0.426 e. The number of aliphatic hydroxyl groups is 1. The zero-order valence-electron chi connectivity index (χ0n) is 10.5. The highest BCUT2D eigenvalue weighted by molar-refractivity contribution is 6.06. The first-order valence-electron chi connectivity index (χ1n) is 5.52. The van der Waals surface area contributed by atoms with Gasteiger partial charge in [-0.05, 0) is 6.07 Å². The van der Waals surface area contributed by atoms with Crippen molar-refractivity contribution in [1.29, 1.82) is 0 Å². The molecule has 0 aliphatic rings. The first kappa shape index (κ1) is 18.0. The van der Waals surface area contributed by atoms with E-state index in [-0.39, 0.29) is 0 Å². The van der Waals surface area contributed by atoms with Gasteiger partial charge in [0.25, 0.3) is 5.60 Å². The zero-order chi connectivity index (χ0) is 17.3. The third kappa shape index (κ3) is 3.21. The summed E-state index contributed by atoms with van der Waals surface area (Å²) in [6.07, 6.45) is -14.7. The molecule has 0 saturated carbocycles. The molecule has 22 heavy (non-hydrogen) atoms. The summed E-state index contributed by atoms with van der Waals surface area (Å²) in [7, 11) is 0. The molecule has 0 radical (unpaired) electrons. The Kier molecular flexibility index (Phi) is 4.56. The molecule has 0 bridgehead atoms. The standard InChI is InChI=1S/C12H8F6O4/c13-11(14,15)10(22,12(16,17)18)5-8(19)6-3-1-2-4-7(6)9(20)21/h1-4,22H,5H2,(H,20,21). The van der Waals surface area contributed by atoms with Crippen LogP contribution in [0.25, 0.3) is 0 Å². The Bertz CT molecular complexity index is 576. The van der Waals surface area contributed by atoms with Crippen LogP contribution in [0.2, 0.25) is 0 Å². The Balaban J connectivity index is 3.28. The van der Waals surface area contributed by atoms with E-state index in [1.165, 1.54) is 0 Å². The van der Waals surface area contributed by atoms with Crippen LogP contribution in [0.5, 0.6) is 0 Å². The second kappa shape index (κ2) is 5.59. The first-order valence-corrected chi connectivity index (χ1v) is 5.52. The van der Waals surface area contributed by atoms with Crippen molar-refractivity contribution >= 4 is 11.8 Å². The van der Waals surface area contributed by atoms with Crippen LogP contribution < -0.4 is 0 Å². The molecule has 0 saturated heterocycles. The molecule has 0 spiro atoms. The van der Waals surface area contributed by atoms with Crippen LogP contribution >= 0.6 is 0 Å². The Morgan fingerprint density at radius 3 is 1.68 bits per heavy atom. The minimum Gasteiger partial charge on any atom is -0.478 e. The molecule has 0 fully saturated rings. The summed E-state index contributed by atoms with van der Waals surface area (Å²) >= 11 is 0. The maximum absolute atomic E-state index is 12.5. The molecule has 0 atom stereocenters. The number of hydrogen-bond donors (Lipinski definition) is 2. The minimum absolute atomic E-state index is 0.763.